The Kier molecular flexibility index (Phi) is 3.62. The van der Waals surface area contributed by atoms with Crippen molar-refractivity contribution in [2.45, 2.75) is 46.0 Å². The van der Waals surface area contributed by atoms with Crippen LogP contribution in [0.25, 0.3) is 0 Å². The molecule has 0 atom stereocenters. The van der Waals surface area contributed by atoms with Crippen LogP contribution in [0.15, 0.2) is 11.6 Å². The summed E-state index contributed by atoms with van der Waals surface area (Å²) in [4.78, 5) is 21.5. The normalized spacial score (nSPS) is 20.4. The third-order valence-electron chi connectivity index (χ3n) is 2.54. The fourth-order valence-corrected chi connectivity index (χ4v) is 2.05. The number of carbonyl (C=O) groups is 2. The molecule has 0 aromatic rings. The van der Waals surface area contributed by atoms with Crippen LogP contribution in [0, 0.1) is 5.41 Å². The van der Waals surface area contributed by atoms with Crippen LogP contribution in [0.4, 0.5) is 0 Å². The van der Waals surface area contributed by atoms with Gasteiger partial charge in [0.1, 0.15) is 6.29 Å². The molecule has 0 bridgehead atoms. The van der Waals surface area contributed by atoms with Gasteiger partial charge in [-0.25, -0.2) is 0 Å². The zero-order chi connectivity index (χ0) is 10.6. The lowest BCUT2D eigenvalue weighted by Crippen LogP contribution is -2.21. The van der Waals surface area contributed by atoms with Gasteiger partial charge in [-0.3, -0.25) is 4.79 Å². The van der Waals surface area contributed by atoms with Crippen molar-refractivity contribution in [2.24, 2.45) is 5.41 Å². The van der Waals surface area contributed by atoms with Crippen LogP contribution in [-0.4, -0.2) is 12.1 Å². The average molecular weight is 194 g/mol. The Morgan fingerprint density at radius 2 is 2.14 bits per heavy atom. The van der Waals surface area contributed by atoms with Crippen LogP contribution >= 0.6 is 0 Å². The first-order chi connectivity index (χ1) is 6.53. The third-order valence-corrected chi connectivity index (χ3v) is 2.54. The molecule has 0 N–H and O–H groups in total. The molecule has 1 aliphatic carbocycles. The van der Waals surface area contributed by atoms with Gasteiger partial charge in [0.05, 0.1) is 0 Å². The van der Waals surface area contributed by atoms with E-state index in [1.54, 1.807) is 6.08 Å². The van der Waals surface area contributed by atoms with Crippen molar-refractivity contribution in [3.8, 4) is 0 Å². The lowest BCUT2D eigenvalue weighted by atomic mass is 9.76. The lowest BCUT2D eigenvalue weighted by Gasteiger charge is -2.28. The maximum absolute atomic E-state index is 11.4. The van der Waals surface area contributed by atoms with E-state index < -0.39 is 0 Å². The monoisotopic (exact) mass is 194 g/mol. The van der Waals surface area contributed by atoms with Crippen LogP contribution in [0.2, 0.25) is 0 Å². The molecule has 78 valence electrons. The molecule has 0 aromatic heterocycles. The van der Waals surface area contributed by atoms with E-state index in [2.05, 4.69) is 13.8 Å². The van der Waals surface area contributed by atoms with Crippen LogP contribution in [0.1, 0.15) is 46.0 Å². The van der Waals surface area contributed by atoms with E-state index in [1.807, 2.05) is 0 Å². The minimum absolute atomic E-state index is 0.113. The Morgan fingerprint density at radius 3 is 2.71 bits per heavy atom. The molecule has 0 unspecified atom stereocenters. The summed E-state index contributed by atoms with van der Waals surface area (Å²) in [7, 11) is 0. The standard InChI is InChI=1S/C12H18O2/c1-12(2)8-10(5-3-4-6-13)7-11(14)9-12/h6-7H,3-5,8-9H2,1-2H3. The summed E-state index contributed by atoms with van der Waals surface area (Å²) in [6.45, 7) is 4.25. The van der Waals surface area contributed by atoms with Gasteiger partial charge < -0.3 is 4.79 Å². The van der Waals surface area contributed by atoms with E-state index in [0.29, 0.717) is 12.8 Å². The zero-order valence-electron chi connectivity index (χ0n) is 9.01. The number of hydrogen-bond donors (Lipinski definition) is 0. The lowest BCUT2D eigenvalue weighted by molar-refractivity contribution is -0.117. The Labute approximate surface area is 85.4 Å². The molecule has 2 heteroatoms. The third kappa shape index (κ3) is 3.44. The first-order valence-corrected chi connectivity index (χ1v) is 5.19. The predicted molar refractivity (Wildman–Crippen MR) is 56.0 cm³/mol. The molecule has 0 fully saturated rings. The molecule has 0 spiro atoms. The molecule has 1 rings (SSSR count). The maximum Gasteiger partial charge on any atom is 0.156 e. The van der Waals surface area contributed by atoms with Crippen molar-refractivity contribution in [3.05, 3.63) is 11.6 Å². The fourth-order valence-electron chi connectivity index (χ4n) is 2.05. The van der Waals surface area contributed by atoms with E-state index in [9.17, 15) is 9.59 Å². The highest BCUT2D eigenvalue weighted by molar-refractivity contribution is 5.91. The van der Waals surface area contributed by atoms with Gasteiger partial charge in [-0.1, -0.05) is 19.4 Å². The molecule has 0 saturated heterocycles. The molecule has 0 saturated carbocycles. The van der Waals surface area contributed by atoms with Crippen molar-refractivity contribution >= 4 is 12.1 Å². The predicted octanol–water partition coefficient (Wildman–Crippen LogP) is 2.67. The summed E-state index contributed by atoms with van der Waals surface area (Å²) < 4.78 is 0. The van der Waals surface area contributed by atoms with E-state index >= 15 is 0 Å². The SMILES string of the molecule is CC1(C)CC(=O)C=C(CCCC=O)C1. The number of ketones is 1. The molecular weight excluding hydrogens is 176 g/mol. The number of aldehydes is 1. The van der Waals surface area contributed by atoms with Gasteiger partial charge in [0.15, 0.2) is 5.78 Å². The number of carbonyl (C=O) groups excluding carboxylic acids is 2. The average Bonchev–Trinajstić information content (AvgIpc) is 2.00. The maximum atomic E-state index is 11.4. The van der Waals surface area contributed by atoms with Gasteiger partial charge in [-0.15, -0.1) is 0 Å². The van der Waals surface area contributed by atoms with Crippen molar-refractivity contribution < 1.29 is 9.59 Å². The molecule has 0 aromatic carbocycles. The highest BCUT2D eigenvalue weighted by atomic mass is 16.1. The van der Waals surface area contributed by atoms with Crippen molar-refractivity contribution in [1.82, 2.24) is 0 Å². The van der Waals surface area contributed by atoms with Crippen molar-refractivity contribution in [1.29, 1.82) is 0 Å². The Hall–Kier alpha value is -0.920. The summed E-state index contributed by atoms with van der Waals surface area (Å²) in [6, 6.07) is 0. The van der Waals surface area contributed by atoms with Crippen molar-refractivity contribution in [3.63, 3.8) is 0 Å². The number of hydrogen-bond acceptors (Lipinski definition) is 2. The largest absolute Gasteiger partial charge is 0.303 e. The minimum Gasteiger partial charge on any atom is -0.303 e. The van der Waals surface area contributed by atoms with Gasteiger partial charge in [0.25, 0.3) is 0 Å². The summed E-state index contributed by atoms with van der Waals surface area (Å²) in [5.41, 5.74) is 1.33. The molecule has 0 aliphatic heterocycles. The Bertz CT molecular complexity index is 261. The molecule has 14 heavy (non-hydrogen) atoms. The van der Waals surface area contributed by atoms with Crippen LogP contribution < -0.4 is 0 Å². The molecule has 0 amide bonds. The van der Waals surface area contributed by atoms with Gasteiger partial charge in [0.2, 0.25) is 0 Å². The molecule has 0 radical (unpaired) electrons. The Morgan fingerprint density at radius 1 is 1.43 bits per heavy atom. The highest BCUT2D eigenvalue weighted by Gasteiger charge is 2.26. The second kappa shape index (κ2) is 4.54. The minimum atomic E-state index is 0.113. The highest BCUT2D eigenvalue weighted by Crippen LogP contribution is 2.35. The van der Waals surface area contributed by atoms with Gasteiger partial charge in [0, 0.05) is 12.8 Å². The van der Waals surface area contributed by atoms with E-state index in [4.69, 9.17) is 0 Å². The van der Waals surface area contributed by atoms with Crippen molar-refractivity contribution in [2.75, 3.05) is 0 Å². The van der Waals surface area contributed by atoms with Crippen LogP contribution in [0.5, 0.6) is 0 Å². The van der Waals surface area contributed by atoms with Gasteiger partial charge in [-0.05, 0) is 30.8 Å². The quantitative estimate of drug-likeness (QED) is 0.509. The summed E-state index contributed by atoms with van der Waals surface area (Å²) in [5, 5.41) is 0. The zero-order valence-corrected chi connectivity index (χ0v) is 9.01. The molecular formula is C12H18O2. The molecule has 1 aliphatic rings. The summed E-state index contributed by atoms with van der Waals surface area (Å²) in [6.07, 6.45) is 6.74. The number of rotatable bonds is 4. The smallest absolute Gasteiger partial charge is 0.156 e. The van der Waals surface area contributed by atoms with Crippen LogP contribution in [-0.2, 0) is 9.59 Å². The second-order valence-corrected chi connectivity index (χ2v) is 4.85. The molecule has 0 heterocycles. The van der Waals surface area contributed by atoms with E-state index in [1.165, 1.54) is 5.57 Å². The summed E-state index contributed by atoms with van der Waals surface area (Å²) >= 11 is 0. The second-order valence-electron chi connectivity index (χ2n) is 4.85. The number of unbranched alkanes of at least 4 members (excludes halogenated alkanes) is 1. The van der Waals surface area contributed by atoms with Crippen LogP contribution in [0.3, 0.4) is 0 Å². The van der Waals surface area contributed by atoms with E-state index in [-0.39, 0.29) is 11.2 Å². The fraction of sp³-hybridized carbons (Fsp3) is 0.667. The summed E-state index contributed by atoms with van der Waals surface area (Å²) in [5.74, 6) is 0.238. The topological polar surface area (TPSA) is 34.1 Å². The number of allylic oxidation sites excluding steroid dienone is 2. The van der Waals surface area contributed by atoms with Gasteiger partial charge >= 0.3 is 0 Å². The van der Waals surface area contributed by atoms with E-state index in [0.717, 1.165) is 25.5 Å². The molecule has 2 nitrogen and oxygen atoms in total. The first-order valence-electron chi connectivity index (χ1n) is 5.19. The first kappa shape index (κ1) is 11.2. The Balaban J connectivity index is 2.51. The van der Waals surface area contributed by atoms with Gasteiger partial charge in [-0.2, -0.15) is 0 Å².